The predicted octanol–water partition coefficient (Wildman–Crippen LogP) is 2.14. The Kier molecular flexibility index (Phi) is 3.28. The molecule has 0 radical (unpaired) electrons. The van der Waals surface area contributed by atoms with E-state index in [4.69, 9.17) is 4.98 Å². The molecule has 0 bridgehead atoms. The van der Waals surface area contributed by atoms with E-state index in [-0.39, 0.29) is 5.91 Å². The predicted molar refractivity (Wildman–Crippen MR) is 87.7 cm³/mol. The number of amides is 1. The Bertz CT molecular complexity index is 784. The summed E-state index contributed by atoms with van der Waals surface area (Å²) in [6, 6.07) is 3.89. The van der Waals surface area contributed by atoms with Gasteiger partial charge < -0.3 is 14.4 Å². The van der Waals surface area contributed by atoms with Crippen LogP contribution in [0.3, 0.4) is 0 Å². The summed E-state index contributed by atoms with van der Waals surface area (Å²) in [5.41, 5.74) is 2.64. The summed E-state index contributed by atoms with van der Waals surface area (Å²) in [5.74, 6) is 0.867. The Morgan fingerprint density at radius 1 is 1.26 bits per heavy atom. The van der Waals surface area contributed by atoms with Crippen molar-refractivity contribution in [2.24, 2.45) is 7.05 Å². The van der Waals surface area contributed by atoms with E-state index >= 15 is 0 Å². The molecule has 4 rings (SSSR count). The van der Waals surface area contributed by atoms with Gasteiger partial charge in [-0.15, -0.1) is 0 Å². The average Bonchev–Trinajstić information content (AvgIpc) is 2.84. The molecule has 0 N–H and O–H groups in total. The van der Waals surface area contributed by atoms with Gasteiger partial charge in [0.25, 0.3) is 5.91 Å². The van der Waals surface area contributed by atoms with Crippen molar-refractivity contribution < 1.29 is 9.18 Å². The van der Waals surface area contributed by atoms with E-state index in [2.05, 4.69) is 0 Å². The summed E-state index contributed by atoms with van der Waals surface area (Å²) < 4.78 is 15.7. The van der Waals surface area contributed by atoms with Crippen LogP contribution in [0.2, 0.25) is 0 Å². The molecule has 122 valence electrons. The fourth-order valence-electron chi connectivity index (χ4n) is 3.75. The molecule has 0 aromatic carbocycles. The number of pyridine rings is 1. The van der Waals surface area contributed by atoms with Gasteiger partial charge in [-0.1, -0.05) is 0 Å². The fourth-order valence-corrected chi connectivity index (χ4v) is 3.75. The van der Waals surface area contributed by atoms with E-state index in [9.17, 15) is 9.18 Å². The quantitative estimate of drug-likeness (QED) is 0.809. The highest BCUT2D eigenvalue weighted by atomic mass is 19.1. The second kappa shape index (κ2) is 5.22. The zero-order valence-corrected chi connectivity index (χ0v) is 13.5. The van der Waals surface area contributed by atoms with E-state index in [1.54, 1.807) is 4.90 Å². The van der Waals surface area contributed by atoms with Gasteiger partial charge in [-0.05, 0) is 25.0 Å². The van der Waals surface area contributed by atoms with Crippen LogP contribution in [0.4, 0.5) is 10.2 Å². The Morgan fingerprint density at radius 3 is 2.87 bits per heavy atom. The van der Waals surface area contributed by atoms with Crippen LogP contribution in [-0.4, -0.2) is 53.2 Å². The minimum absolute atomic E-state index is 0.0631. The zero-order chi connectivity index (χ0) is 16.1. The van der Waals surface area contributed by atoms with Crippen LogP contribution in [0, 0.1) is 0 Å². The number of nitrogens with zero attached hydrogens (tertiary/aromatic N) is 4. The lowest BCUT2D eigenvalue weighted by atomic mass is 10.0. The van der Waals surface area contributed by atoms with Crippen LogP contribution in [0.5, 0.6) is 0 Å². The summed E-state index contributed by atoms with van der Waals surface area (Å²) in [6.07, 6.45) is 1.56. The van der Waals surface area contributed by atoms with Crippen molar-refractivity contribution in [1.29, 1.82) is 0 Å². The number of carbonyl (C=O) groups is 1. The summed E-state index contributed by atoms with van der Waals surface area (Å²) in [7, 11) is 3.80. The van der Waals surface area contributed by atoms with Gasteiger partial charge in [0.1, 0.15) is 17.6 Å². The zero-order valence-electron chi connectivity index (χ0n) is 13.5. The molecular weight excluding hydrogens is 295 g/mol. The third-order valence-electron chi connectivity index (χ3n) is 5.07. The molecule has 0 aliphatic carbocycles. The van der Waals surface area contributed by atoms with Gasteiger partial charge in [-0.3, -0.25) is 4.79 Å². The first-order valence-electron chi connectivity index (χ1n) is 8.19. The van der Waals surface area contributed by atoms with Crippen molar-refractivity contribution >= 4 is 22.8 Å². The van der Waals surface area contributed by atoms with Gasteiger partial charge in [0.15, 0.2) is 0 Å². The van der Waals surface area contributed by atoms with Crippen LogP contribution >= 0.6 is 0 Å². The third-order valence-corrected chi connectivity index (χ3v) is 5.07. The van der Waals surface area contributed by atoms with Gasteiger partial charge in [-0.25, -0.2) is 9.37 Å². The Hall–Kier alpha value is -2.11. The van der Waals surface area contributed by atoms with E-state index in [1.165, 1.54) is 0 Å². The van der Waals surface area contributed by atoms with E-state index in [0.717, 1.165) is 54.0 Å². The molecule has 5 nitrogen and oxygen atoms in total. The first-order valence-corrected chi connectivity index (χ1v) is 8.19. The van der Waals surface area contributed by atoms with Gasteiger partial charge in [-0.2, -0.15) is 0 Å². The van der Waals surface area contributed by atoms with Gasteiger partial charge >= 0.3 is 0 Å². The largest absolute Gasteiger partial charge is 0.354 e. The number of hydrogen-bond donors (Lipinski definition) is 0. The second-order valence-corrected chi connectivity index (χ2v) is 6.58. The maximum atomic E-state index is 13.7. The molecule has 2 aromatic rings. The summed E-state index contributed by atoms with van der Waals surface area (Å²) >= 11 is 0. The highest BCUT2D eigenvalue weighted by molar-refractivity contribution is 6.08. The average molecular weight is 316 g/mol. The van der Waals surface area contributed by atoms with Crippen LogP contribution < -0.4 is 4.90 Å². The number of rotatable bonds is 1. The molecule has 4 heterocycles. The summed E-state index contributed by atoms with van der Waals surface area (Å²) in [6.45, 7) is 1.98. The van der Waals surface area contributed by atoms with Crippen LogP contribution in [0.1, 0.15) is 28.9 Å². The Balaban J connectivity index is 1.81. The monoisotopic (exact) mass is 316 g/mol. The lowest BCUT2D eigenvalue weighted by molar-refractivity contribution is 0.0781. The normalized spacial score (nSPS) is 21.9. The van der Waals surface area contributed by atoms with Crippen LogP contribution in [0.25, 0.3) is 11.0 Å². The van der Waals surface area contributed by atoms with Gasteiger partial charge in [0.05, 0.1) is 12.1 Å². The minimum Gasteiger partial charge on any atom is -0.354 e. The standard InChI is InChI=1S/C17H21FN4O/c1-20-9-7-13-15(17(20)23)12-5-6-14(19-16(12)21(13)2)22-8-3-4-11(18)10-22/h5-6,11H,3-4,7-10H2,1-2H3/t11-/m1/s1. The first-order chi connectivity index (χ1) is 11.1. The molecule has 1 amide bonds. The molecule has 0 saturated carbocycles. The summed E-state index contributed by atoms with van der Waals surface area (Å²) in [4.78, 5) is 21.0. The van der Waals surface area contributed by atoms with Crippen molar-refractivity contribution in [2.45, 2.75) is 25.4 Å². The third kappa shape index (κ3) is 2.19. The number of fused-ring (bicyclic) bond motifs is 3. The number of aryl methyl sites for hydroxylation is 1. The van der Waals surface area contributed by atoms with Crippen molar-refractivity contribution in [3.05, 3.63) is 23.4 Å². The molecule has 6 heteroatoms. The highest BCUT2D eigenvalue weighted by Gasteiger charge is 2.29. The van der Waals surface area contributed by atoms with E-state index in [1.807, 2.05) is 35.7 Å². The van der Waals surface area contributed by atoms with Crippen LogP contribution in [-0.2, 0) is 13.5 Å². The highest BCUT2D eigenvalue weighted by Crippen LogP contribution is 2.31. The Labute approximate surface area is 134 Å². The molecule has 0 unspecified atom stereocenters. The Morgan fingerprint density at radius 2 is 2.09 bits per heavy atom. The molecule has 1 saturated heterocycles. The molecule has 1 atom stereocenters. The first kappa shape index (κ1) is 14.5. The molecule has 0 spiro atoms. The van der Waals surface area contributed by atoms with Crippen molar-refractivity contribution in [3.8, 4) is 0 Å². The van der Waals surface area contributed by atoms with Crippen molar-refractivity contribution in [1.82, 2.24) is 14.5 Å². The number of piperidine rings is 1. The van der Waals surface area contributed by atoms with E-state index < -0.39 is 6.17 Å². The molecule has 23 heavy (non-hydrogen) atoms. The molecule has 2 aliphatic heterocycles. The SMILES string of the molecule is CN1CCc2c(c3ccc(N4CCC[C@@H](F)C4)nc3n2C)C1=O. The summed E-state index contributed by atoms with van der Waals surface area (Å²) in [5, 5.41) is 0.900. The van der Waals surface area contributed by atoms with E-state index in [0.29, 0.717) is 13.0 Å². The van der Waals surface area contributed by atoms with Gasteiger partial charge in [0.2, 0.25) is 0 Å². The maximum Gasteiger partial charge on any atom is 0.256 e. The lowest BCUT2D eigenvalue weighted by Gasteiger charge is -2.30. The number of carbonyl (C=O) groups excluding carboxylic acids is 1. The smallest absolute Gasteiger partial charge is 0.256 e. The second-order valence-electron chi connectivity index (χ2n) is 6.58. The van der Waals surface area contributed by atoms with Crippen LogP contribution in [0.15, 0.2) is 12.1 Å². The maximum absolute atomic E-state index is 13.7. The molecular formula is C17H21FN4O. The van der Waals surface area contributed by atoms with Gasteiger partial charge in [0, 0.05) is 44.7 Å². The van der Waals surface area contributed by atoms with Crippen molar-refractivity contribution in [3.63, 3.8) is 0 Å². The van der Waals surface area contributed by atoms with Crippen molar-refractivity contribution in [2.75, 3.05) is 31.6 Å². The number of aromatic nitrogens is 2. The number of likely N-dealkylation sites (N-methyl/N-ethyl adjacent to an activating group) is 1. The fraction of sp³-hybridized carbons (Fsp3) is 0.529. The number of halogens is 1. The number of alkyl halides is 1. The number of anilines is 1. The minimum atomic E-state index is -0.780. The number of hydrogen-bond acceptors (Lipinski definition) is 3. The lowest BCUT2D eigenvalue weighted by Crippen LogP contribution is -2.36. The molecule has 2 aromatic heterocycles. The topological polar surface area (TPSA) is 41.4 Å². The molecule has 1 fully saturated rings. The molecule has 2 aliphatic rings.